The van der Waals surface area contributed by atoms with Crippen LogP contribution in [-0.2, 0) is 9.53 Å². The first kappa shape index (κ1) is 24.5. The van der Waals surface area contributed by atoms with Crippen LogP contribution in [0.3, 0.4) is 0 Å². The molecule has 0 saturated carbocycles. The van der Waals surface area contributed by atoms with Crippen molar-refractivity contribution in [1.82, 2.24) is 4.57 Å². The molecule has 0 bridgehead atoms. The summed E-state index contributed by atoms with van der Waals surface area (Å²) in [5.41, 5.74) is 2.21. The molecule has 6 nitrogen and oxygen atoms in total. The number of carbonyl (C=O) groups excluding carboxylic acids is 1. The first-order chi connectivity index (χ1) is 16.2. The molecular weight excluding hydrogens is 536 g/mol. The Morgan fingerprint density at radius 3 is 2.59 bits per heavy atom. The lowest BCUT2D eigenvalue weighted by Gasteiger charge is -2.25. The van der Waals surface area contributed by atoms with Crippen LogP contribution in [0.25, 0.3) is 6.08 Å². The fourth-order valence-electron chi connectivity index (χ4n) is 3.73. The smallest absolute Gasteiger partial charge is 0.338 e. The van der Waals surface area contributed by atoms with Crippen LogP contribution in [0.15, 0.2) is 72.9 Å². The Hall–Kier alpha value is -2.62. The summed E-state index contributed by atoms with van der Waals surface area (Å²) < 4.78 is 8.12. The van der Waals surface area contributed by atoms with Crippen molar-refractivity contribution in [2.75, 3.05) is 6.26 Å². The van der Waals surface area contributed by atoms with Gasteiger partial charge >= 0.3 is 5.97 Å². The number of carbonyl (C=O) groups is 1. The summed E-state index contributed by atoms with van der Waals surface area (Å²) in [5, 5.41) is 9.78. The second-order valence-electron chi connectivity index (χ2n) is 8.02. The van der Waals surface area contributed by atoms with E-state index in [4.69, 9.17) is 4.74 Å². The number of hydrogen-bond donors (Lipinski definition) is 1. The maximum Gasteiger partial charge on any atom is 0.338 e. The zero-order valence-electron chi connectivity index (χ0n) is 19.0. The maximum atomic E-state index is 13.6. The lowest BCUT2D eigenvalue weighted by Crippen LogP contribution is -2.40. The van der Waals surface area contributed by atoms with Gasteiger partial charge in [0.05, 0.1) is 32.4 Å². The van der Waals surface area contributed by atoms with Crippen molar-refractivity contribution in [2.24, 2.45) is 4.99 Å². The summed E-state index contributed by atoms with van der Waals surface area (Å²) in [4.78, 5) is 32.9. The van der Waals surface area contributed by atoms with Gasteiger partial charge in [0.15, 0.2) is 4.80 Å². The Labute approximate surface area is 213 Å². The number of esters is 1. The van der Waals surface area contributed by atoms with Gasteiger partial charge in [0.2, 0.25) is 0 Å². The quantitative estimate of drug-likeness (QED) is 0.371. The molecule has 1 aliphatic rings. The number of allylic oxidation sites excluding steroid dienone is 1. The average molecular weight is 560 g/mol. The molecule has 34 heavy (non-hydrogen) atoms. The highest BCUT2D eigenvalue weighted by atomic mass is 79.9. The van der Waals surface area contributed by atoms with E-state index >= 15 is 0 Å². The molecule has 1 aliphatic heterocycles. The Morgan fingerprint density at radius 1 is 1.26 bits per heavy atom. The number of aromatic nitrogens is 1. The molecule has 0 saturated heterocycles. The number of rotatable bonds is 5. The van der Waals surface area contributed by atoms with E-state index in [0.717, 1.165) is 16.0 Å². The zero-order valence-corrected chi connectivity index (χ0v) is 22.3. The highest BCUT2D eigenvalue weighted by molar-refractivity contribution is 9.10. The first-order valence-corrected chi connectivity index (χ1v) is 13.4. The van der Waals surface area contributed by atoms with E-state index in [1.54, 1.807) is 61.4 Å². The van der Waals surface area contributed by atoms with Crippen molar-refractivity contribution in [1.29, 1.82) is 0 Å². The molecule has 2 heterocycles. The second kappa shape index (κ2) is 9.93. The van der Waals surface area contributed by atoms with E-state index in [1.807, 2.05) is 30.5 Å². The van der Waals surface area contributed by atoms with E-state index in [2.05, 4.69) is 20.9 Å². The summed E-state index contributed by atoms with van der Waals surface area (Å²) in [7, 11) is 0. The number of ether oxygens (including phenoxy) is 1. The van der Waals surface area contributed by atoms with Crippen molar-refractivity contribution >= 4 is 51.1 Å². The van der Waals surface area contributed by atoms with E-state index < -0.39 is 12.0 Å². The van der Waals surface area contributed by atoms with E-state index in [9.17, 15) is 14.7 Å². The standard InChI is InChI=1S/C25H23BrN2O4S2/c1-13(2)32-24(31)21-14(3)27-25-28(22(21)16-6-8-17(33-4)9-7-16)23(30)20(34-25)12-15-5-10-19(29)18(26)11-15/h5-13,22,29H,1-4H3/b20-12-/t22-/m0/s1. The molecule has 0 unspecified atom stereocenters. The number of hydrogen-bond acceptors (Lipinski definition) is 7. The van der Waals surface area contributed by atoms with Crippen molar-refractivity contribution < 1.29 is 14.6 Å². The van der Waals surface area contributed by atoms with Gasteiger partial charge in [-0.25, -0.2) is 9.79 Å². The zero-order chi connectivity index (χ0) is 24.6. The Balaban J connectivity index is 1.93. The van der Waals surface area contributed by atoms with Crippen molar-refractivity contribution in [3.8, 4) is 5.75 Å². The summed E-state index contributed by atoms with van der Waals surface area (Å²) in [5.74, 6) is -0.358. The van der Waals surface area contributed by atoms with Crippen molar-refractivity contribution in [2.45, 2.75) is 37.8 Å². The molecule has 0 amide bonds. The highest BCUT2D eigenvalue weighted by Gasteiger charge is 2.33. The van der Waals surface area contributed by atoms with Gasteiger partial charge in [-0.1, -0.05) is 29.5 Å². The molecule has 0 aliphatic carbocycles. The molecule has 1 N–H and O–H groups in total. The van der Waals surface area contributed by atoms with E-state index in [0.29, 0.717) is 25.1 Å². The lowest BCUT2D eigenvalue weighted by atomic mass is 9.96. The molecule has 1 atom stereocenters. The third-order valence-electron chi connectivity index (χ3n) is 5.29. The normalized spacial score (nSPS) is 15.9. The minimum atomic E-state index is -0.646. The number of phenols is 1. The van der Waals surface area contributed by atoms with Gasteiger partial charge < -0.3 is 9.84 Å². The van der Waals surface area contributed by atoms with Crippen LogP contribution in [0.5, 0.6) is 5.75 Å². The molecule has 0 fully saturated rings. The maximum absolute atomic E-state index is 13.6. The summed E-state index contributed by atoms with van der Waals surface area (Å²) in [6.07, 6.45) is 3.45. The molecule has 0 radical (unpaired) electrons. The Kier molecular flexibility index (Phi) is 7.16. The number of phenolic OH excluding ortho intramolecular Hbond substituents is 1. The van der Waals surface area contributed by atoms with Gasteiger partial charge in [0.1, 0.15) is 5.75 Å². The molecule has 2 aromatic carbocycles. The average Bonchev–Trinajstić information content (AvgIpc) is 3.09. The van der Waals surface area contributed by atoms with E-state index in [1.165, 1.54) is 11.3 Å². The molecule has 4 rings (SSSR count). The predicted molar refractivity (Wildman–Crippen MR) is 139 cm³/mol. The predicted octanol–water partition coefficient (Wildman–Crippen LogP) is 4.38. The SMILES string of the molecule is CSc1ccc([C@H]2C(C(=O)OC(C)C)=C(C)N=c3s/c(=C\c4ccc(O)c(Br)c4)c(=O)n32)cc1. The van der Waals surface area contributed by atoms with Crippen LogP contribution in [0.4, 0.5) is 0 Å². The molecule has 3 aromatic rings. The van der Waals surface area contributed by atoms with Gasteiger partial charge in [0.25, 0.3) is 5.56 Å². The minimum Gasteiger partial charge on any atom is -0.507 e. The Morgan fingerprint density at radius 2 is 1.97 bits per heavy atom. The largest absolute Gasteiger partial charge is 0.507 e. The van der Waals surface area contributed by atoms with Crippen molar-refractivity contribution in [3.05, 3.63) is 89.0 Å². The number of thiazole rings is 1. The van der Waals surface area contributed by atoms with Crippen molar-refractivity contribution in [3.63, 3.8) is 0 Å². The van der Waals surface area contributed by atoms with Crippen LogP contribution in [0, 0.1) is 0 Å². The minimum absolute atomic E-state index is 0.122. The van der Waals surface area contributed by atoms with Crippen LogP contribution < -0.4 is 14.9 Å². The number of halogens is 1. The number of thioether (sulfide) groups is 1. The summed E-state index contributed by atoms with van der Waals surface area (Å²) in [6, 6.07) is 12.2. The monoisotopic (exact) mass is 558 g/mol. The number of nitrogens with zero attached hydrogens (tertiary/aromatic N) is 2. The fourth-order valence-corrected chi connectivity index (χ4v) is 5.58. The topological polar surface area (TPSA) is 80.9 Å². The molecule has 9 heteroatoms. The van der Waals surface area contributed by atoms with Gasteiger partial charge in [-0.2, -0.15) is 0 Å². The van der Waals surface area contributed by atoms with Gasteiger partial charge in [0, 0.05) is 4.90 Å². The molecule has 176 valence electrons. The third kappa shape index (κ3) is 4.78. The van der Waals surface area contributed by atoms with Gasteiger partial charge in [-0.05, 0) is 84.4 Å². The van der Waals surface area contributed by atoms with E-state index in [-0.39, 0.29) is 17.4 Å². The van der Waals surface area contributed by atoms with Gasteiger partial charge in [-0.3, -0.25) is 9.36 Å². The Bertz CT molecular complexity index is 1470. The number of aromatic hydroxyl groups is 1. The molecule has 0 spiro atoms. The van der Waals surface area contributed by atoms with Gasteiger partial charge in [-0.15, -0.1) is 11.8 Å². The summed E-state index contributed by atoms with van der Waals surface area (Å²) in [6.45, 7) is 5.36. The van der Waals surface area contributed by atoms with Crippen LogP contribution >= 0.6 is 39.0 Å². The summed E-state index contributed by atoms with van der Waals surface area (Å²) >= 11 is 6.20. The third-order valence-corrected chi connectivity index (χ3v) is 7.65. The highest BCUT2D eigenvalue weighted by Crippen LogP contribution is 2.32. The van der Waals surface area contributed by atoms with Crippen LogP contribution in [0.1, 0.15) is 37.9 Å². The van der Waals surface area contributed by atoms with Crippen LogP contribution in [0.2, 0.25) is 0 Å². The second-order valence-corrected chi connectivity index (χ2v) is 10.8. The fraction of sp³-hybridized carbons (Fsp3) is 0.240. The molecular formula is C25H23BrN2O4S2. The molecule has 1 aromatic heterocycles. The lowest BCUT2D eigenvalue weighted by molar-refractivity contribution is -0.143. The number of fused-ring (bicyclic) bond motifs is 1. The van der Waals surface area contributed by atoms with Crippen LogP contribution in [-0.4, -0.2) is 28.0 Å². The number of benzene rings is 2. The first-order valence-electron chi connectivity index (χ1n) is 10.6.